The lowest BCUT2D eigenvalue weighted by molar-refractivity contribution is -0.122. The summed E-state index contributed by atoms with van der Waals surface area (Å²) in [5, 5.41) is 0. The monoisotopic (exact) mass is 477 g/mol. The second-order valence-corrected chi connectivity index (χ2v) is 9.20. The van der Waals surface area contributed by atoms with Crippen LogP contribution >= 0.6 is 24.0 Å². The highest BCUT2D eigenvalue weighted by Crippen LogP contribution is 2.34. The van der Waals surface area contributed by atoms with Gasteiger partial charge in [-0.2, -0.15) is 0 Å². The molecule has 5 nitrogen and oxygen atoms in total. The Bertz CT molecular complexity index is 1180. The number of thioether (sulfide) groups is 1. The van der Waals surface area contributed by atoms with Crippen LogP contribution in [0.25, 0.3) is 17.4 Å². The van der Waals surface area contributed by atoms with Gasteiger partial charge in [0.05, 0.1) is 23.6 Å². The number of unbranched alkanes of at least 4 members (excludes halogenated alkanes) is 1. The molecule has 0 bridgehead atoms. The maximum absolute atomic E-state index is 12.9. The molecule has 0 unspecified atom stereocenters. The first-order valence-corrected chi connectivity index (χ1v) is 11.9. The van der Waals surface area contributed by atoms with Crippen LogP contribution in [0.3, 0.4) is 0 Å². The molecular formula is C26H23NO4S2. The van der Waals surface area contributed by atoms with Crippen molar-refractivity contribution in [3.63, 3.8) is 0 Å². The van der Waals surface area contributed by atoms with Crippen LogP contribution in [-0.4, -0.2) is 27.7 Å². The van der Waals surface area contributed by atoms with Gasteiger partial charge >= 0.3 is 5.97 Å². The number of hydrogen-bond donors (Lipinski definition) is 0. The number of rotatable bonds is 8. The van der Waals surface area contributed by atoms with E-state index in [2.05, 4.69) is 0 Å². The van der Waals surface area contributed by atoms with Crippen LogP contribution < -0.4 is 0 Å². The lowest BCUT2D eigenvalue weighted by Gasteiger charge is -2.14. The van der Waals surface area contributed by atoms with Crippen molar-refractivity contribution < 1.29 is 18.7 Å². The van der Waals surface area contributed by atoms with Crippen molar-refractivity contribution in [2.24, 2.45) is 0 Å². The van der Waals surface area contributed by atoms with Crippen molar-refractivity contribution in [3.05, 3.63) is 88.5 Å². The fourth-order valence-electron chi connectivity index (χ4n) is 3.28. The molecule has 1 fully saturated rings. The van der Waals surface area contributed by atoms with Gasteiger partial charge in [0, 0.05) is 11.6 Å². The minimum Gasteiger partial charge on any atom is -0.462 e. The van der Waals surface area contributed by atoms with Crippen LogP contribution in [0.4, 0.5) is 0 Å². The third-order valence-electron chi connectivity index (χ3n) is 5.09. The Hall–Kier alpha value is -3.16. The number of furan rings is 1. The third-order valence-corrected chi connectivity index (χ3v) is 6.47. The first-order valence-electron chi connectivity index (χ1n) is 10.7. The average Bonchev–Trinajstić information content (AvgIpc) is 3.40. The number of carbonyl (C=O) groups is 2. The van der Waals surface area contributed by atoms with Crippen LogP contribution in [0, 0.1) is 0 Å². The summed E-state index contributed by atoms with van der Waals surface area (Å²) in [6, 6.07) is 20.5. The number of esters is 1. The molecule has 0 atom stereocenters. The molecule has 168 valence electrons. The normalized spacial score (nSPS) is 14.8. The summed E-state index contributed by atoms with van der Waals surface area (Å²) in [7, 11) is 0. The molecule has 0 N–H and O–H groups in total. The molecule has 33 heavy (non-hydrogen) atoms. The minimum atomic E-state index is -0.326. The summed E-state index contributed by atoms with van der Waals surface area (Å²) in [5.74, 6) is 0.755. The van der Waals surface area contributed by atoms with Gasteiger partial charge in [0.25, 0.3) is 5.91 Å². The molecule has 0 aliphatic carbocycles. The van der Waals surface area contributed by atoms with Crippen molar-refractivity contribution in [2.45, 2.75) is 26.3 Å². The van der Waals surface area contributed by atoms with Crippen LogP contribution in [0.15, 0.2) is 76.1 Å². The minimum absolute atomic E-state index is 0.127. The molecule has 1 saturated heterocycles. The van der Waals surface area contributed by atoms with Gasteiger partial charge in [-0.05, 0) is 36.2 Å². The Morgan fingerprint density at radius 3 is 2.58 bits per heavy atom. The van der Waals surface area contributed by atoms with E-state index in [1.165, 1.54) is 11.8 Å². The molecule has 0 radical (unpaired) electrons. The standard InChI is InChI=1S/C26H23NO4S2/c1-2-3-15-30-25(29)20-11-9-19(10-12-20)22-14-13-21(31-22)16-23-24(28)27(26(32)33-23)17-18-7-5-4-6-8-18/h4-14,16H,2-3,15,17H2,1H3/b23-16+. The smallest absolute Gasteiger partial charge is 0.338 e. The maximum atomic E-state index is 12.9. The Balaban J connectivity index is 1.43. The van der Waals surface area contributed by atoms with Crippen LogP contribution in [-0.2, 0) is 16.1 Å². The molecule has 1 aromatic heterocycles. The topological polar surface area (TPSA) is 59.8 Å². The third kappa shape index (κ3) is 5.61. The highest BCUT2D eigenvalue weighted by molar-refractivity contribution is 8.26. The molecule has 1 amide bonds. The van der Waals surface area contributed by atoms with Gasteiger partial charge < -0.3 is 9.15 Å². The average molecular weight is 478 g/mol. The van der Waals surface area contributed by atoms with Crippen LogP contribution in [0.2, 0.25) is 0 Å². The second kappa shape index (κ2) is 10.6. The number of carbonyl (C=O) groups excluding carboxylic acids is 2. The van der Waals surface area contributed by atoms with Gasteiger partial charge in [0.2, 0.25) is 0 Å². The maximum Gasteiger partial charge on any atom is 0.338 e. The molecule has 3 aromatic rings. The highest BCUT2D eigenvalue weighted by Gasteiger charge is 2.32. The van der Waals surface area contributed by atoms with E-state index in [4.69, 9.17) is 21.4 Å². The lowest BCUT2D eigenvalue weighted by Crippen LogP contribution is -2.27. The van der Waals surface area contributed by atoms with Crippen molar-refractivity contribution >= 4 is 46.3 Å². The summed E-state index contributed by atoms with van der Waals surface area (Å²) in [4.78, 5) is 27.1. The summed E-state index contributed by atoms with van der Waals surface area (Å²) in [6.07, 6.45) is 3.54. The number of ether oxygens (including phenoxy) is 1. The van der Waals surface area contributed by atoms with Gasteiger partial charge in [0.15, 0.2) is 0 Å². The molecule has 2 aromatic carbocycles. The van der Waals surface area contributed by atoms with E-state index >= 15 is 0 Å². The van der Waals surface area contributed by atoms with Crippen molar-refractivity contribution in [1.29, 1.82) is 0 Å². The Labute approximate surface area is 202 Å². The molecule has 4 rings (SSSR count). The number of amides is 1. The van der Waals surface area contributed by atoms with Crippen molar-refractivity contribution in [3.8, 4) is 11.3 Å². The summed E-state index contributed by atoms with van der Waals surface area (Å²) >= 11 is 6.69. The van der Waals surface area contributed by atoms with E-state index in [9.17, 15) is 9.59 Å². The van der Waals surface area contributed by atoms with E-state index in [0.29, 0.717) is 39.5 Å². The number of hydrogen-bond acceptors (Lipinski definition) is 6. The first-order chi connectivity index (χ1) is 16.0. The zero-order valence-corrected chi connectivity index (χ0v) is 19.8. The number of benzene rings is 2. The number of nitrogens with zero attached hydrogens (tertiary/aromatic N) is 1. The first kappa shape index (κ1) is 23.0. The Kier molecular flexibility index (Phi) is 7.42. The van der Waals surface area contributed by atoms with Crippen molar-refractivity contribution in [2.75, 3.05) is 6.61 Å². The van der Waals surface area contributed by atoms with E-state index in [-0.39, 0.29) is 11.9 Å². The fourth-order valence-corrected chi connectivity index (χ4v) is 4.52. The van der Waals surface area contributed by atoms with E-state index in [1.807, 2.05) is 61.5 Å². The molecule has 0 spiro atoms. The predicted octanol–water partition coefficient (Wildman–Crippen LogP) is 6.30. The zero-order chi connectivity index (χ0) is 23.2. The van der Waals surface area contributed by atoms with Crippen LogP contribution in [0.1, 0.15) is 41.4 Å². The Morgan fingerprint density at radius 2 is 1.85 bits per heavy atom. The molecule has 2 heterocycles. The highest BCUT2D eigenvalue weighted by atomic mass is 32.2. The Morgan fingerprint density at radius 1 is 1.09 bits per heavy atom. The number of thiocarbonyl (C=S) groups is 1. The lowest BCUT2D eigenvalue weighted by atomic mass is 10.1. The molecular weight excluding hydrogens is 454 g/mol. The largest absolute Gasteiger partial charge is 0.462 e. The van der Waals surface area contributed by atoms with Gasteiger partial charge in [-0.1, -0.05) is 79.8 Å². The van der Waals surface area contributed by atoms with Gasteiger partial charge in [-0.15, -0.1) is 0 Å². The zero-order valence-electron chi connectivity index (χ0n) is 18.2. The van der Waals surface area contributed by atoms with Crippen LogP contribution in [0.5, 0.6) is 0 Å². The summed E-state index contributed by atoms with van der Waals surface area (Å²) < 4.78 is 11.7. The van der Waals surface area contributed by atoms with E-state index in [0.717, 1.165) is 24.0 Å². The summed E-state index contributed by atoms with van der Waals surface area (Å²) in [6.45, 7) is 2.92. The van der Waals surface area contributed by atoms with Gasteiger partial charge in [-0.3, -0.25) is 9.69 Å². The van der Waals surface area contributed by atoms with Gasteiger partial charge in [0.1, 0.15) is 15.8 Å². The van der Waals surface area contributed by atoms with Crippen molar-refractivity contribution in [1.82, 2.24) is 4.90 Å². The molecule has 0 saturated carbocycles. The quantitative estimate of drug-likeness (QED) is 0.164. The summed E-state index contributed by atoms with van der Waals surface area (Å²) in [5.41, 5.74) is 2.35. The van der Waals surface area contributed by atoms with E-state index < -0.39 is 0 Å². The molecule has 1 aliphatic heterocycles. The molecule has 1 aliphatic rings. The van der Waals surface area contributed by atoms with E-state index in [1.54, 1.807) is 23.1 Å². The SMILES string of the molecule is CCCCOC(=O)c1ccc(-c2ccc(/C=C3/SC(=S)N(Cc4ccccc4)C3=O)o2)cc1. The predicted molar refractivity (Wildman–Crippen MR) is 134 cm³/mol. The van der Waals surface area contributed by atoms with Gasteiger partial charge in [-0.25, -0.2) is 4.79 Å². The fraction of sp³-hybridized carbons (Fsp3) is 0.192. The second-order valence-electron chi connectivity index (χ2n) is 7.52. The molecule has 7 heteroatoms.